The molecule has 0 aromatic heterocycles. The molecule has 1 atom stereocenters. The lowest BCUT2D eigenvalue weighted by Crippen LogP contribution is -2.42. The van der Waals surface area contributed by atoms with Gasteiger partial charge in [-0.2, -0.15) is 17.0 Å². The maximum Gasteiger partial charge on any atom is 0.282 e. The number of anilines is 1. The van der Waals surface area contributed by atoms with Crippen LogP contribution in [0.3, 0.4) is 0 Å². The number of hydrogen-bond acceptors (Lipinski definition) is 3. The van der Waals surface area contributed by atoms with Gasteiger partial charge in [0.25, 0.3) is 10.2 Å². The molecule has 1 unspecified atom stereocenters. The Morgan fingerprint density at radius 1 is 1.26 bits per heavy atom. The van der Waals surface area contributed by atoms with Crippen molar-refractivity contribution in [2.24, 2.45) is 0 Å². The van der Waals surface area contributed by atoms with E-state index >= 15 is 0 Å². The Kier molecular flexibility index (Phi) is 5.34. The Hall–Kier alpha value is -1.11. The summed E-state index contributed by atoms with van der Waals surface area (Å²) in [5, 5.41) is 0. The summed E-state index contributed by atoms with van der Waals surface area (Å²) in [4.78, 5) is 0. The van der Waals surface area contributed by atoms with Crippen LogP contribution in [0.1, 0.15) is 32.4 Å². The summed E-state index contributed by atoms with van der Waals surface area (Å²) in [5.41, 5.74) is 7.26. The van der Waals surface area contributed by atoms with E-state index in [1.54, 1.807) is 19.2 Å². The van der Waals surface area contributed by atoms with Gasteiger partial charge in [-0.3, -0.25) is 0 Å². The number of nitrogens with two attached hydrogens (primary N) is 1. The maximum atomic E-state index is 12.4. The maximum absolute atomic E-state index is 12.4. The van der Waals surface area contributed by atoms with Crippen LogP contribution in [0.15, 0.2) is 24.3 Å². The fraction of sp³-hybridized carbons (Fsp3) is 0.538. The summed E-state index contributed by atoms with van der Waals surface area (Å²) in [5.74, 6) is 0. The van der Waals surface area contributed by atoms with Crippen LogP contribution in [0, 0.1) is 0 Å². The topological polar surface area (TPSA) is 66.6 Å². The third-order valence-electron chi connectivity index (χ3n) is 3.33. The van der Waals surface area contributed by atoms with E-state index in [2.05, 4.69) is 0 Å². The van der Waals surface area contributed by atoms with Gasteiger partial charge in [-0.25, -0.2) is 0 Å². The van der Waals surface area contributed by atoms with Crippen LogP contribution in [0.25, 0.3) is 0 Å². The molecular formula is C13H23N3O2S. The van der Waals surface area contributed by atoms with Gasteiger partial charge in [-0.15, -0.1) is 0 Å². The highest BCUT2D eigenvalue weighted by Crippen LogP contribution is 2.24. The van der Waals surface area contributed by atoms with Gasteiger partial charge in [0.15, 0.2) is 0 Å². The number of benzene rings is 1. The standard InChI is InChI=1S/C13H23N3O2S/c1-5-16(6-2)19(17,18)15(4)11(3)12-8-7-9-13(14)10-12/h7-11H,5-6,14H2,1-4H3. The van der Waals surface area contributed by atoms with Crippen LogP contribution < -0.4 is 5.73 Å². The molecule has 0 aliphatic rings. The molecular weight excluding hydrogens is 262 g/mol. The first-order chi connectivity index (χ1) is 8.84. The van der Waals surface area contributed by atoms with Gasteiger partial charge in [0.1, 0.15) is 0 Å². The number of nitrogen functional groups attached to an aromatic ring is 1. The molecule has 0 fully saturated rings. The third kappa shape index (κ3) is 3.46. The second kappa shape index (κ2) is 6.36. The predicted molar refractivity (Wildman–Crippen MR) is 78.9 cm³/mol. The minimum absolute atomic E-state index is 0.255. The fourth-order valence-electron chi connectivity index (χ4n) is 1.96. The third-order valence-corrected chi connectivity index (χ3v) is 5.55. The molecule has 1 rings (SSSR count). The molecule has 5 nitrogen and oxygen atoms in total. The fourth-order valence-corrected chi connectivity index (χ4v) is 3.50. The summed E-state index contributed by atoms with van der Waals surface area (Å²) in [6.45, 7) is 6.45. The van der Waals surface area contributed by atoms with Crippen molar-refractivity contribution in [3.8, 4) is 0 Å². The van der Waals surface area contributed by atoms with E-state index < -0.39 is 10.2 Å². The van der Waals surface area contributed by atoms with E-state index in [0.717, 1.165) is 5.56 Å². The van der Waals surface area contributed by atoms with Crippen molar-refractivity contribution >= 4 is 15.9 Å². The first-order valence-electron chi connectivity index (χ1n) is 6.43. The molecule has 0 amide bonds. The van der Waals surface area contributed by atoms with E-state index in [1.807, 2.05) is 32.9 Å². The molecule has 19 heavy (non-hydrogen) atoms. The number of hydrogen-bond donors (Lipinski definition) is 1. The predicted octanol–water partition coefficient (Wildman–Crippen LogP) is 1.85. The summed E-state index contributed by atoms with van der Waals surface area (Å²) < 4.78 is 27.7. The van der Waals surface area contributed by atoms with Crippen molar-refractivity contribution in [3.05, 3.63) is 29.8 Å². The summed E-state index contributed by atoms with van der Waals surface area (Å²) in [6.07, 6.45) is 0. The molecule has 0 saturated heterocycles. The monoisotopic (exact) mass is 285 g/mol. The quantitative estimate of drug-likeness (QED) is 0.811. The molecule has 0 aliphatic carbocycles. The van der Waals surface area contributed by atoms with E-state index in [4.69, 9.17) is 5.73 Å². The lowest BCUT2D eigenvalue weighted by atomic mass is 10.1. The SMILES string of the molecule is CCN(CC)S(=O)(=O)N(C)C(C)c1cccc(N)c1. The van der Waals surface area contributed by atoms with Crippen LogP contribution in [0.2, 0.25) is 0 Å². The Balaban J connectivity index is 3.02. The van der Waals surface area contributed by atoms with Crippen molar-refractivity contribution in [1.82, 2.24) is 8.61 Å². The lowest BCUT2D eigenvalue weighted by Gasteiger charge is -2.30. The zero-order valence-corrected chi connectivity index (χ0v) is 12.8. The molecule has 2 N–H and O–H groups in total. The molecule has 1 aromatic rings. The second-order valence-electron chi connectivity index (χ2n) is 4.45. The molecule has 0 radical (unpaired) electrons. The lowest BCUT2D eigenvalue weighted by molar-refractivity contribution is 0.340. The number of rotatable bonds is 6. The summed E-state index contributed by atoms with van der Waals surface area (Å²) >= 11 is 0. The highest BCUT2D eigenvalue weighted by Gasteiger charge is 2.28. The van der Waals surface area contributed by atoms with Crippen molar-refractivity contribution in [2.45, 2.75) is 26.8 Å². The van der Waals surface area contributed by atoms with Crippen LogP contribution in [0.4, 0.5) is 5.69 Å². The van der Waals surface area contributed by atoms with Gasteiger partial charge in [0.2, 0.25) is 0 Å². The highest BCUT2D eigenvalue weighted by atomic mass is 32.2. The van der Waals surface area contributed by atoms with Gasteiger partial charge in [-0.1, -0.05) is 26.0 Å². The van der Waals surface area contributed by atoms with E-state index in [1.165, 1.54) is 8.61 Å². The van der Waals surface area contributed by atoms with E-state index in [9.17, 15) is 8.42 Å². The normalized spacial score (nSPS) is 14.0. The van der Waals surface area contributed by atoms with Crippen LogP contribution in [0.5, 0.6) is 0 Å². The Morgan fingerprint density at radius 3 is 2.32 bits per heavy atom. The first-order valence-corrected chi connectivity index (χ1v) is 7.82. The molecule has 0 bridgehead atoms. The molecule has 1 aromatic carbocycles. The van der Waals surface area contributed by atoms with Crippen molar-refractivity contribution < 1.29 is 8.42 Å². The molecule has 0 spiro atoms. The van der Waals surface area contributed by atoms with Crippen LogP contribution >= 0.6 is 0 Å². The minimum Gasteiger partial charge on any atom is -0.399 e. The van der Waals surface area contributed by atoms with E-state index in [0.29, 0.717) is 18.8 Å². The van der Waals surface area contributed by atoms with Crippen molar-refractivity contribution in [3.63, 3.8) is 0 Å². The Labute approximate surface area is 116 Å². The van der Waals surface area contributed by atoms with E-state index in [-0.39, 0.29) is 6.04 Å². The Morgan fingerprint density at radius 2 is 1.84 bits per heavy atom. The zero-order chi connectivity index (χ0) is 14.6. The van der Waals surface area contributed by atoms with Gasteiger partial charge in [0.05, 0.1) is 0 Å². The highest BCUT2D eigenvalue weighted by molar-refractivity contribution is 7.86. The molecule has 6 heteroatoms. The van der Waals surface area contributed by atoms with Crippen molar-refractivity contribution in [2.75, 3.05) is 25.9 Å². The Bertz CT molecular complexity index is 512. The average molecular weight is 285 g/mol. The number of nitrogens with zero attached hydrogens (tertiary/aromatic N) is 2. The van der Waals surface area contributed by atoms with Crippen LogP contribution in [-0.2, 0) is 10.2 Å². The molecule has 108 valence electrons. The molecule has 0 aliphatic heterocycles. The molecule has 0 saturated carbocycles. The average Bonchev–Trinajstić information content (AvgIpc) is 2.38. The van der Waals surface area contributed by atoms with Gasteiger partial charge in [0, 0.05) is 31.9 Å². The largest absolute Gasteiger partial charge is 0.399 e. The smallest absolute Gasteiger partial charge is 0.282 e. The second-order valence-corrected chi connectivity index (χ2v) is 6.44. The summed E-state index contributed by atoms with van der Waals surface area (Å²) in [6, 6.07) is 7.05. The van der Waals surface area contributed by atoms with Gasteiger partial charge < -0.3 is 5.73 Å². The minimum atomic E-state index is -3.44. The van der Waals surface area contributed by atoms with Crippen LogP contribution in [-0.4, -0.2) is 37.2 Å². The first kappa shape index (κ1) is 15.9. The van der Waals surface area contributed by atoms with Crippen molar-refractivity contribution in [1.29, 1.82) is 0 Å². The van der Waals surface area contributed by atoms with Gasteiger partial charge >= 0.3 is 0 Å². The van der Waals surface area contributed by atoms with Gasteiger partial charge in [-0.05, 0) is 24.6 Å². The molecule has 0 heterocycles. The summed E-state index contributed by atoms with van der Waals surface area (Å²) in [7, 11) is -1.84. The zero-order valence-electron chi connectivity index (χ0n) is 12.0.